The highest BCUT2D eigenvalue weighted by Gasteiger charge is 2.28. The number of benzene rings is 1. The van der Waals surface area contributed by atoms with Crippen molar-refractivity contribution in [2.24, 2.45) is 0 Å². The fourth-order valence-corrected chi connectivity index (χ4v) is 2.66. The first-order chi connectivity index (χ1) is 9.98. The Balaban J connectivity index is 1.81. The van der Waals surface area contributed by atoms with E-state index >= 15 is 0 Å². The van der Waals surface area contributed by atoms with Crippen LogP contribution >= 0.6 is 0 Å². The van der Waals surface area contributed by atoms with Gasteiger partial charge in [0.15, 0.2) is 0 Å². The van der Waals surface area contributed by atoms with Gasteiger partial charge in [-0.25, -0.2) is 0 Å². The number of nitrogens with zero attached hydrogens (tertiary/aromatic N) is 2. The summed E-state index contributed by atoms with van der Waals surface area (Å²) in [5.74, 6) is -0.0738. The lowest BCUT2D eigenvalue weighted by Crippen LogP contribution is -2.46. The molecule has 0 saturated carbocycles. The summed E-state index contributed by atoms with van der Waals surface area (Å²) in [5, 5.41) is 21.7. The van der Waals surface area contributed by atoms with E-state index in [1.807, 2.05) is 13.0 Å². The molecule has 1 atom stereocenters. The van der Waals surface area contributed by atoms with Gasteiger partial charge >= 0.3 is 0 Å². The molecule has 1 aliphatic heterocycles. The van der Waals surface area contributed by atoms with Crippen LogP contribution in [0, 0.1) is 11.3 Å². The van der Waals surface area contributed by atoms with Gasteiger partial charge in [-0.05, 0) is 44.5 Å². The monoisotopic (exact) mass is 287 g/mol. The summed E-state index contributed by atoms with van der Waals surface area (Å²) >= 11 is 0. The second-order valence-electron chi connectivity index (χ2n) is 5.87. The van der Waals surface area contributed by atoms with Gasteiger partial charge in [0, 0.05) is 25.2 Å². The Morgan fingerprint density at radius 1 is 1.57 bits per heavy atom. The number of hydrogen-bond donors (Lipinski definition) is 2. The van der Waals surface area contributed by atoms with Gasteiger partial charge in [-0.3, -0.25) is 9.69 Å². The van der Waals surface area contributed by atoms with Crippen molar-refractivity contribution >= 4 is 11.6 Å². The van der Waals surface area contributed by atoms with Crippen LogP contribution in [-0.2, 0) is 4.79 Å². The molecule has 0 aromatic heterocycles. The summed E-state index contributed by atoms with van der Waals surface area (Å²) in [6, 6.07) is 8.92. The number of aliphatic hydroxyl groups is 1. The molecule has 1 aliphatic rings. The van der Waals surface area contributed by atoms with Gasteiger partial charge in [0.1, 0.15) is 0 Å². The zero-order valence-electron chi connectivity index (χ0n) is 12.3. The summed E-state index contributed by atoms with van der Waals surface area (Å²) in [6.45, 7) is 4.02. The van der Waals surface area contributed by atoms with Crippen LogP contribution in [0.1, 0.15) is 31.7 Å². The maximum Gasteiger partial charge on any atom is 0.225 e. The number of piperidine rings is 1. The Morgan fingerprint density at radius 3 is 3.10 bits per heavy atom. The minimum Gasteiger partial charge on any atom is -0.389 e. The second-order valence-corrected chi connectivity index (χ2v) is 5.87. The lowest BCUT2D eigenvalue weighted by molar-refractivity contribution is -0.117. The maximum absolute atomic E-state index is 11.9. The lowest BCUT2D eigenvalue weighted by Gasteiger charge is -2.36. The molecule has 1 amide bonds. The molecule has 1 heterocycles. The van der Waals surface area contributed by atoms with Crippen molar-refractivity contribution in [3.63, 3.8) is 0 Å². The fraction of sp³-hybridized carbons (Fsp3) is 0.500. The Labute approximate surface area is 125 Å². The minimum absolute atomic E-state index is 0.0738. The number of β-amino-alcohol motifs (C(OH)–C–C–N with tert-alkyl or cyclic N) is 1. The Kier molecular flexibility index (Phi) is 4.94. The summed E-state index contributed by atoms with van der Waals surface area (Å²) in [5.41, 5.74) is 0.528. The molecule has 1 fully saturated rings. The van der Waals surface area contributed by atoms with Crippen LogP contribution in [0.4, 0.5) is 5.69 Å². The molecule has 0 aliphatic carbocycles. The molecule has 5 nitrogen and oxygen atoms in total. The van der Waals surface area contributed by atoms with Crippen molar-refractivity contribution in [1.82, 2.24) is 4.90 Å². The van der Waals surface area contributed by atoms with Crippen LogP contribution in [0.15, 0.2) is 24.3 Å². The predicted molar refractivity (Wildman–Crippen MR) is 80.7 cm³/mol. The highest BCUT2D eigenvalue weighted by molar-refractivity contribution is 5.90. The van der Waals surface area contributed by atoms with E-state index < -0.39 is 5.60 Å². The van der Waals surface area contributed by atoms with Crippen LogP contribution < -0.4 is 5.32 Å². The quantitative estimate of drug-likeness (QED) is 0.884. The molecule has 2 N–H and O–H groups in total. The first-order valence-electron chi connectivity index (χ1n) is 7.23. The number of anilines is 1. The van der Waals surface area contributed by atoms with Crippen molar-refractivity contribution in [2.45, 2.75) is 31.8 Å². The summed E-state index contributed by atoms with van der Waals surface area (Å²) in [6.07, 6.45) is 2.16. The minimum atomic E-state index is -0.643. The first-order valence-corrected chi connectivity index (χ1v) is 7.23. The first kappa shape index (κ1) is 15.5. The number of likely N-dealkylation sites (tertiary alicyclic amines) is 1. The molecular formula is C16H21N3O2. The molecule has 0 radical (unpaired) electrons. The largest absolute Gasteiger partial charge is 0.389 e. The standard InChI is InChI=1S/C16H21N3O2/c1-16(21)7-3-8-19(12-16)9-6-15(20)18-14-5-2-4-13(10-14)11-17/h2,4-5,10,21H,3,6-9,12H2,1H3,(H,18,20). The molecular weight excluding hydrogens is 266 g/mol. The molecule has 0 spiro atoms. The Hall–Kier alpha value is -1.90. The van der Waals surface area contributed by atoms with Crippen LogP contribution in [0.2, 0.25) is 0 Å². The average molecular weight is 287 g/mol. The van der Waals surface area contributed by atoms with Crippen LogP contribution in [-0.4, -0.2) is 41.1 Å². The number of carbonyl (C=O) groups excluding carboxylic acids is 1. The molecule has 112 valence electrons. The molecule has 1 saturated heterocycles. The normalized spacial score (nSPS) is 22.5. The molecule has 0 bridgehead atoms. The fourth-order valence-electron chi connectivity index (χ4n) is 2.66. The van der Waals surface area contributed by atoms with Crippen LogP contribution in [0.5, 0.6) is 0 Å². The van der Waals surface area contributed by atoms with E-state index in [-0.39, 0.29) is 5.91 Å². The summed E-state index contributed by atoms with van der Waals surface area (Å²) in [4.78, 5) is 14.1. The van der Waals surface area contributed by atoms with Gasteiger partial charge in [-0.1, -0.05) is 6.07 Å². The smallest absolute Gasteiger partial charge is 0.225 e. The van der Waals surface area contributed by atoms with Gasteiger partial charge in [0.05, 0.1) is 17.2 Å². The van der Waals surface area contributed by atoms with Gasteiger partial charge < -0.3 is 10.4 Å². The number of amides is 1. The zero-order chi connectivity index (χ0) is 15.3. The van der Waals surface area contributed by atoms with Crippen molar-refractivity contribution < 1.29 is 9.90 Å². The van der Waals surface area contributed by atoms with Gasteiger partial charge in [0.25, 0.3) is 0 Å². The third-order valence-electron chi connectivity index (χ3n) is 3.68. The van der Waals surface area contributed by atoms with E-state index in [0.29, 0.717) is 30.8 Å². The van der Waals surface area contributed by atoms with E-state index in [9.17, 15) is 9.90 Å². The third kappa shape index (κ3) is 4.85. The van der Waals surface area contributed by atoms with Crippen molar-refractivity contribution in [1.29, 1.82) is 5.26 Å². The summed E-state index contributed by atoms with van der Waals surface area (Å²) < 4.78 is 0. The van der Waals surface area contributed by atoms with Crippen molar-refractivity contribution in [3.8, 4) is 6.07 Å². The number of carbonyl (C=O) groups is 1. The van der Waals surface area contributed by atoms with Crippen molar-refractivity contribution in [2.75, 3.05) is 25.0 Å². The average Bonchev–Trinajstić information content (AvgIpc) is 2.44. The van der Waals surface area contributed by atoms with E-state index in [2.05, 4.69) is 10.2 Å². The molecule has 1 aromatic carbocycles. The van der Waals surface area contributed by atoms with E-state index in [1.165, 1.54) is 0 Å². The van der Waals surface area contributed by atoms with Gasteiger partial charge in [-0.2, -0.15) is 5.26 Å². The number of nitrogens with one attached hydrogen (secondary N) is 1. The highest BCUT2D eigenvalue weighted by Crippen LogP contribution is 2.20. The lowest BCUT2D eigenvalue weighted by atomic mass is 9.95. The van der Waals surface area contributed by atoms with Gasteiger partial charge in [-0.15, -0.1) is 0 Å². The van der Waals surface area contributed by atoms with E-state index in [1.54, 1.807) is 24.3 Å². The predicted octanol–water partition coefficient (Wildman–Crippen LogP) is 1.73. The van der Waals surface area contributed by atoms with E-state index in [4.69, 9.17) is 5.26 Å². The Morgan fingerprint density at radius 2 is 2.38 bits per heavy atom. The SMILES string of the molecule is CC1(O)CCCN(CCC(=O)Nc2cccc(C#N)c2)C1. The van der Waals surface area contributed by atoms with Crippen molar-refractivity contribution in [3.05, 3.63) is 29.8 Å². The zero-order valence-corrected chi connectivity index (χ0v) is 12.3. The number of rotatable bonds is 4. The maximum atomic E-state index is 11.9. The number of hydrogen-bond acceptors (Lipinski definition) is 4. The molecule has 5 heteroatoms. The second kappa shape index (κ2) is 6.70. The topological polar surface area (TPSA) is 76.4 Å². The third-order valence-corrected chi connectivity index (χ3v) is 3.68. The molecule has 1 aromatic rings. The van der Waals surface area contributed by atoms with E-state index in [0.717, 1.165) is 19.4 Å². The molecule has 2 rings (SSSR count). The summed E-state index contributed by atoms with van der Waals surface area (Å²) in [7, 11) is 0. The van der Waals surface area contributed by atoms with Gasteiger partial charge in [0.2, 0.25) is 5.91 Å². The Bertz CT molecular complexity index is 549. The highest BCUT2D eigenvalue weighted by atomic mass is 16.3. The molecule has 1 unspecified atom stereocenters. The number of nitriles is 1. The van der Waals surface area contributed by atoms with Crippen LogP contribution in [0.3, 0.4) is 0 Å². The van der Waals surface area contributed by atoms with Crippen LogP contribution in [0.25, 0.3) is 0 Å². The molecule has 21 heavy (non-hydrogen) atoms.